The van der Waals surface area contributed by atoms with Crippen molar-refractivity contribution in [1.82, 2.24) is 9.38 Å². The van der Waals surface area contributed by atoms with Gasteiger partial charge in [-0.3, -0.25) is 0 Å². The summed E-state index contributed by atoms with van der Waals surface area (Å²) in [5.74, 6) is -0.403. The van der Waals surface area contributed by atoms with E-state index in [4.69, 9.17) is 10.7 Å². The zero-order valence-corrected chi connectivity index (χ0v) is 11.6. The summed E-state index contributed by atoms with van der Waals surface area (Å²) in [5, 5.41) is 0. The standard InChI is InChI=1S/C13H8ClFN2O2S/c14-20(18,19)12-4-2-1-3-10(12)11-8-17-7-9(15)5-6-13(17)16-11/h1-8H. The van der Waals surface area contributed by atoms with Crippen LogP contribution in [0.4, 0.5) is 4.39 Å². The van der Waals surface area contributed by atoms with Crippen LogP contribution in [0.2, 0.25) is 0 Å². The first-order chi connectivity index (χ1) is 9.45. The molecule has 7 heteroatoms. The van der Waals surface area contributed by atoms with Crippen molar-refractivity contribution in [1.29, 1.82) is 0 Å². The minimum absolute atomic E-state index is 0.0226. The van der Waals surface area contributed by atoms with Crippen LogP contribution in [0.3, 0.4) is 0 Å². The molecule has 0 atom stereocenters. The van der Waals surface area contributed by atoms with Gasteiger partial charge in [0.05, 0.1) is 10.6 Å². The van der Waals surface area contributed by atoms with Crippen molar-refractivity contribution in [3.8, 4) is 11.3 Å². The zero-order chi connectivity index (χ0) is 14.3. The summed E-state index contributed by atoms with van der Waals surface area (Å²) >= 11 is 0. The number of hydrogen-bond donors (Lipinski definition) is 0. The molecule has 3 rings (SSSR count). The third-order valence-electron chi connectivity index (χ3n) is 2.84. The number of nitrogens with zero attached hydrogens (tertiary/aromatic N) is 2. The van der Waals surface area contributed by atoms with E-state index in [-0.39, 0.29) is 4.90 Å². The topological polar surface area (TPSA) is 51.4 Å². The molecule has 0 N–H and O–H groups in total. The summed E-state index contributed by atoms with van der Waals surface area (Å²) in [5.41, 5.74) is 1.31. The highest BCUT2D eigenvalue weighted by Crippen LogP contribution is 2.29. The van der Waals surface area contributed by atoms with Crippen LogP contribution in [0.1, 0.15) is 0 Å². The first-order valence-corrected chi connectivity index (χ1v) is 7.94. The number of hydrogen-bond acceptors (Lipinski definition) is 3. The number of benzene rings is 1. The van der Waals surface area contributed by atoms with Gasteiger partial charge in [-0.05, 0) is 18.2 Å². The Bertz CT molecular complexity index is 906. The van der Waals surface area contributed by atoms with Gasteiger partial charge in [0.1, 0.15) is 11.5 Å². The molecule has 0 radical (unpaired) electrons. The molecule has 3 aromatic rings. The minimum Gasteiger partial charge on any atom is -0.304 e. The van der Waals surface area contributed by atoms with Gasteiger partial charge >= 0.3 is 0 Å². The molecule has 0 fully saturated rings. The predicted octanol–water partition coefficient (Wildman–Crippen LogP) is 3.07. The van der Waals surface area contributed by atoms with Gasteiger partial charge in [-0.25, -0.2) is 17.8 Å². The zero-order valence-electron chi connectivity index (χ0n) is 9.99. The molecule has 102 valence electrons. The normalized spacial score (nSPS) is 11.9. The van der Waals surface area contributed by atoms with Crippen molar-refractivity contribution in [2.45, 2.75) is 4.90 Å². The molecule has 0 aliphatic rings. The Morgan fingerprint density at radius 3 is 2.60 bits per heavy atom. The van der Waals surface area contributed by atoms with Gasteiger partial charge in [0.25, 0.3) is 9.05 Å². The van der Waals surface area contributed by atoms with Crippen LogP contribution < -0.4 is 0 Å². The molecule has 4 nitrogen and oxygen atoms in total. The molecular formula is C13H8ClFN2O2S. The Hall–Kier alpha value is -1.92. The van der Waals surface area contributed by atoms with Crippen molar-refractivity contribution in [3.05, 3.63) is 54.6 Å². The maximum Gasteiger partial charge on any atom is 0.261 e. The van der Waals surface area contributed by atoms with Crippen molar-refractivity contribution in [2.75, 3.05) is 0 Å². The molecule has 20 heavy (non-hydrogen) atoms. The number of halogens is 2. The highest BCUT2D eigenvalue weighted by Gasteiger charge is 2.18. The molecule has 0 amide bonds. The van der Waals surface area contributed by atoms with Crippen LogP contribution in [-0.2, 0) is 9.05 Å². The smallest absolute Gasteiger partial charge is 0.261 e. The largest absolute Gasteiger partial charge is 0.304 e. The lowest BCUT2D eigenvalue weighted by molar-refractivity contribution is 0.609. The van der Waals surface area contributed by atoms with E-state index < -0.39 is 14.9 Å². The first-order valence-electron chi connectivity index (χ1n) is 5.63. The second kappa shape index (κ2) is 4.57. The van der Waals surface area contributed by atoms with Gasteiger partial charge in [0, 0.05) is 28.6 Å². The van der Waals surface area contributed by atoms with Gasteiger partial charge < -0.3 is 4.40 Å². The van der Waals surface area contributed by atoms with E-state index in [9.17, 15) is 12.8 Å². The predicted molar refractivity (Wildman–Crippen MR) is 73.6 cm³/mol. The van der Waals surface area contributed by atoms with Gasteiger partial charge in [-0.2, -0.15) is 0 Å². The molecule has 0 bridgehead atoms. The van der Waals surface area contributed by atoms with E-state index in [0.29, 0.717) is 16.9 Å². The molecular weight excluding hydrogens is 303 g/mol. The number of rotatable bonds is 2. The Labute approximate surface area is 118 Å². The Morgan fingerprint density at radius 1 is 1.10 bits per heavy atom. The van der Waals surface area contributed by atoms with Crippen LogP contribution in [-0.4, -0.2) is 17.8 Å². The summed E-state index contributed by atoms with van der Waals surface area (Å²) in [4.78, 5) is 4.25. The average Bonchev–Trinajstić information content (AvgIpc) is 2.80. The quantitative estimate of drug-likeness (QED) is 0.684. The summed E-state index contributed by atoms with van der Waals surface area (Å²) in [6.45, 7) is 0. The maximum absolute atomic E-state index is 13.2. The van der Waals surface area contributed by atoms with Crippen LogP contribution in [0.5, 0.6) is 0 Å². The van der Waals surface area contributed by atoms with Gasteiger partial charge in [-0.1, -0.05) is 18.2 Å². The second-order valence-corrected chi connectivity index (χ2v) is 6.71. The number of imidazole rings is 1. The molecule has 0 saturated heterocycles. The van der Waals surface area contributed by atoms with Crippen LogP contribution in [0.25, 0.3) is 16.9 Å². The summed E-state index contributed by atoms with van der Waals surface area (Å²) < 4.78 is 37.8. The summed E-state index contributed by atoms with van der Waals surface area (Å²) in [6.07, 6.45) is 2.82. The Morgan fingerprint density at radius 2 is 1.85 bits per heavy atom. The van der Waals surface area contributed by atoms with Gasteiger partial charge in [-0.15, -0.1) is 0 Å². The molecule has 2 aromatic heterocycles. The molecule has 0 aliphatic carbocycles. The van der Waals surface area contributed by atoms with Crippen molar-refractivity contribution >= 4 is 25.4 Å². The van der Waals surface area contributed by atoms with Gasteiger partial charge in [0.2, 0.25) is 0 Å². The van der Waals surface area contributed by atoms with E-state index in [1.165, 1.54) is 28.8 Å². The Balaban J connectivity index is 2.26. The molecule has 0 aliphatic heterocycles. The first kappa shape index (κ1) is 13.1. The highest BCUT2D eigenvalue weighted by atomic mass is 35.7. The average molecular weight is 311 g/mol. The lowest BCUT2D eigenvalue weighted by atomic mass is 10.2. The number of fused-ring (bicyclic) bond motifs is 1. The van der Waals surface area contributed by atoms with Crippen molar-refractivity contribution < 1.29 is 12.8 Å². The third-order valence-corrected chi connectivity index (χ3v) is 4.22. The number of aromatic nitrogens is 2. The van der Waals surface area contributed by atoms with Gasteiger partial charge in [0.15, 0.2) is 0 Å². The minimum atomic E-state index is -3.88. The maximum atomic E-state index is 13.2. The fourth-order valence-electron chi connectivity index (χ4n) is 1.99. The van der Waals surface area contributed by atoms with E-state index in [1.807, 2.05) is 0 Å². The lowest BCUT2D eigenvalue weighted by Crippen LogP contribution is -1.94. The van der Waals surface area contributed by atoms with E-state index >= 15 is 0 Å². The SMILES string of the molecule is O=S(=O)(Cl)c1ccccc1-c1cn2cc(F)ccc2n1. The molecule has 0 saturated carbocycles. The van der Waals surface area contributed by atoms with Crippen molar-refractivity contribution in [3.63, 3.8) is 0 Å². The summed E-state index contributed by atoms with van der Waals surface area (Å²) in [7, 11) is 1.54. The molecule has 2 heterocycles. The monoisotopic (exact) mass is 310 g/mol. The fourth-order valence-corrected chi connectivity index (χ4v) is 3.07. The van der Waals surface area contributed by atoms with E-state index in [1.54, 1.807) is 24.4 Å². The second-order valence-electron chi connectivity index (χ2n) is 4.17. The Kier molecular flexibility index (Phi) is 2.99. The van der Waals surface area contributed by atoms with Crippen LogP contribution in [0, 0.1) is 5.82 Å². The summed E-state index contributed by atoms with van der Waals surface area (Å²) in [6, 6.07) is 9.07. The van der Waals surface area contributed by atoms with E-state index in [0.717, 1.165) is 0 Å². The lowest BCUT2D eigenvalue weighted by Gasteiger charge is -2.02. The van der Waals surface area contributed by atoms with E-state index in [2.05, 4.69) is 4.98 Å². The molecule has 0 unspecified atom stereocenters. The fraction of sp³-hybridized carbons (Fsp3) is 0. The third kappa shape index (κ3) is 2.28. The highest BCUT2D eigenvalue weighted by molar-refractivity contribution is 8.13. The van der Waals surface area contributed by atoms with Crippen LogP contribution >= 0.6 is 10.7 Å². The van der Waals surface area contributed by atoms with Crippen molar-refractivity contribution in [2.24, 2.45) is 0 Å². The van der Waals surface area contributed by atoms with Crippen LogP contribution in [0.15, 0.2) is 53.7 Å². The molecule has 1 aromatic carbocycles. The number of pyridine rings is 1. The molecule has 0 spiro atoms.